The molecule has 118 valence electrons. The van der Waals surface area contributed by atoms with Crippen molar-refractivity contribution in [2.75, 3.05) is 14.0 Å². The lowest BCUT2D eigenvalue weighted by molar-refractivity contribution is -0.128. The lowest BCUT2D eigenvalue weighted by atomic mass is 10.1. The van der Waals surface area contributed by atoms with Crippen LogP contribution in [0.5, 0.6) is 0 Å². The maximum Gasteiger partial charge on any atom is 0.228 e. The number of likely N-dealkylation sites (N-methyl/N-ethyl adjacent to an activating group) is 1. The summed E-state index contributed by atoms with van der Waals surface area (Å²) in [4.78, 5) is 16.8. The van der Waals surface area contributed by atoms with Crippen molar-refractivity contribution in [3.05, 3.63) is 59.3 Å². The van der Waals surface area contributed by atoms with E-state index in [1.807, 2.05) is 0 Å². The number of carbonyl (C=O) groups is 1. The first-order chi connectivity index (χ1) is 17.8. The number of hydrogen-bond donors (Lipinski definition) is 0. The van der Waals surface area contributed by atoms with Crippen molar-refractivity contribution in [1.82, 2.24) is 14.3 Å². The summed E-state index contributed by atoms with van der Waals surface area (Å²) in [7, 11) is 0. The van der Waals surface area contributed by atoms with E-state index >= 15 is 0 Å². The van der Waals surface area contributed by atoms with Crippen LogP contribution in [-0.2, 0) is 11.2 Å². The molecule has 1 aromatic carbocycles. The summed E-state index contributed by atoms with van der Waals surface area (Å²) in [6.07, 6.45) is -4.70. The van der Waals surface area contributed by atoms with E-state index in [9.17, 15) is 4.79 Å². The molecule has 4 nitrogen and oxygen atoms in total. The summed E-state index contributed by atoms with van der Waals surface area (Å²) in [5.41, 5.74) is -3.43. The average molecular weight is 325 g/mol. The van der Waals surface area contributed by atoms with Crippen LogP contribution in [0.15, 0.2) is 42.5 Å². The number of benzene rings is 1. The van der Waals surface area contributed by atoms with Crippen molar-refractivity contribution in [3.8, 4) is 11.3 Å². The van der Waals surface area contributed by atoms with Gasteiger partial charge in [0.1, 0.15) is 5.65 Å². The summed E-state index contributed by atoms with van der Waals surface area (Å²) in [5, 5.41) is 0. The summed E-state index contributed by atoms with van der Waals surface area (Å²) >= 11 is 0. The standard InChI is InChI=1S/C19H21N3O/c1-13-5-8-15(9-6-13)19-16(11-18(23)21(3)4)22-12-14(2)7-10-17(22)20-19/h5-10,12H,11H2,1-4H3/i1D3,2D3,3D3,4D3,7D,10D,11D2,12D. The topological polar surface area (TPSA) is 37.6 Å². The fourth-order valence-corrected chi connectivity index (χ4v) is 1.97. The van der Waals surface area contributed by atoms with Gasteiger partial charge in [0.05, 0.1) is 21.9 Å². The highest BCUT2D eigenvalue weighted by atomic mass is 16.2. The third kappa shape index (κ3) is 2.97. The molecule has 0 unspecified atom stereocenters. The first-order valence-corrected chi connectivity index (χ1v) is 6.31. The molecule has 0 bridgehead atoms. The lowest BCUT2D eigenvalue weighted by Crippen LogP contribution is -2.24. The molecule has 0 N–H and O–H groups in total. The second-order valence-electron chi connectivity index (χ2n) is 4.55. The van der Waals surface area contributed by atoms with Gasteiger partial charge in [-0.3, -0.25) is 4.79 Å². The molecular formula is C19H21N3O. The van der Waals surface area contributed by atoms with E-state index in [4.69, 9.17) is 23.3 Å². The van der Waals surface area contributed by atoms with E-state index in [1.54, 1.807) is 0 Å². The zero-order valence-corrected chi connectivity index (χ0v) is 11.6. The van der Waals surface area contributed by atoms with E-state index in [0.29, 0.717) is 4.40 Å². The molecule has 0 fully saturated rings. The number of aryl methyl sites for hydroxylation is 1. The highest BCUT2D eigenvalue weighted by Crippen LogP contribution is 2.26. The fraction of sp³-hybridized carbons (Fsp3) is 0.263. The van der Waals surface area contributed by atoms with Crippen molar-refractivity contribution in [2.45, 2.75) is 20.1 Å². The minimum Gasteiger partial charge on any atom is -0.348 e. The molecule has 2 aromatic heterocycles. The smallest absolute Gasteiger partial charge is 0.228 e. The summed E-state index contributed by atoms with van der Waals surface area (Å²) < 4.78 is 134. The van der Waals surface area contributed by atoms with Gasteiger partial charge in [0.2, 0.25) is 5.91 Å². The van der Waals surface area contributed by atoms with Gasteiger partial charge < -0.3 is 9.30 Å². The minimum atomic E-state index is -3.67. The van der Waals surface area contributed by atoms with Gasteiger partial charge in [0, 0.05) is 44.9 Å². The van der Waals surface area contributed by atoms with Crippen LogP contribution in [0.1, 0.15) is 40.1 Å². The van der Waals surface area contributed by atoms with E-state index in [-0.39, 0.29) is 11.1 Å². The number of rotatable bonds is 3. The Bertz CT molecular complexity index is 1450. The van der Waals surface area contributed by atoms with Gasteiger partial charge in [-0.1, -0.05) is 35.9 Å². The first-order valence-electron chi connectivity index (χ1n) is 14.8. The number of imidazole rings is 1. The third-order valence-corrected chi connectivity index (χ3v) is 2.99. The van der Waals surface area contributed by atoms with Gasteiger partial charge in [-0.2, -0.15) is 0 Å². The van der Waals surface area contributed by atoms with Crippen LogP contribution in [0.25, 0.3) is 16.9 Å². The Balaban J connectivity index is 2.52. The molecule has 0 aliphatic carbocycles. The van der Waals surface area contributed by atoms with E-state index in [0.717, 1.165) is 24.3 Å². The number of fused-ring (bicyclic) bond motifs is 1. The maximum atomic E-state index is 13.4. The van der Waals surface area contributed by atoms with Crippen LogP contribution in [-0.4, -0.2) is 34.1 Å². The van der Waals surface area contributed by atoms with E-state index in [2.05, 4.69) is 4.98 Å². The molecular weight excluding hydrogens is 286 g/mol. The molecule has 3 rings (SSSR count). The Morgan fingerprint density at radius 3 is 2.74 bits per heavy atom. The van der Waals surface area contributed by atoms with E-state index < -0.39 is 85.7 Å². The number of aromatic nitrogens is 2. The zero-order valence-electron chi connectivity index (χ0n) is 28.6. The number of nitrogens with zero attached hydrogens (tertiary/aromatic N) is 3. The van der Waals surface area contributed by atoms with Crippen molar-refractivity contribution in [2.24, 2.45) is 0 Å². The molecule has 0 aliphatic heterocycles. The van der Waals surface area contributed by atoms with Crippen LogP contribution in [0, 0.1) is 13.7 Å². The molecule has 0 saturated carbocycles. The number of carbonyl (C=O) groups excluding carboxylic acids is 1. The van der Waals surface area contributed by atoms with Crippen molar-refractivity contribution >= 4 is 11.6 Å². The Kier molecular flexibility index (Phi) is 1.26. The molecule has 0 aliphatic rings. The molecule has 3 aromatic rings. The molecule has 0 saturated heterocycles. The SMILES string of the molecule is [2H]c1c(C([2H])([2H])[2H])c([2H])n2c(C([2H])([2H])C(=O)N(C([2H])([2H])[2H])C([2H])([2H])[2H])c(-c3ccc(C([2H])([2H])[2H])cc3)nc2c1[2H]. The third-order valence-electron chi connectivity index (χ3n) is 2.99. The molecule has 0 radical (unpaired) electrons. The second kappa shape index (κ2) is 5.88. The summed E-state index contributed by atoms with van der Waals surface area (Å²) in [6.45, 7) is -13.0. The molecule has 23 heavy (non-hydrogen) atoms. The maximum absolute atomic E-state index is 13.4. The quantitative estimate of drug-likeness (QED) is 0.742. The molecule has 1 amide bonds. The Morgan fingerprint density at radius 1 is 1.26 bits per heavy atom. The van der Waals surface area contributed by atoms with Gasteiger partial charge >= 0.3 is 0 Å². The number of hydrogen-bond acceptors (Lipinski definition) is 2. The van der Waals surface area contributed by atoms with Crippen LogP contribution in [0.4, 0.5) is 0 Å². The Labute approximate surface area is 160 Å². The van der Waals surface area contributed by atoms with Gasteiger partial charge in [0.25, 0.3) is 0 Å². The van der Waals surface area contributed by atoms with Crippen LogP contribution in [0.2, 0.25) is 0 Å². The Hall–Kier alpha value is -2.62. The minimum absolute atomic E-state index is 0.0987. The molecule has 4 heteroatoms. The predicted octanol–water partition coefficient (Wildman–Crippen LogP) is 3.25. The predicted molar refractivity (Wildman–Crippen MR) is 92.5 cm³/mol. The second-order valence-corrected chi connectivity index (χ2v) is 4.55. The van der Waals surface area contributed by atoms with Gasteiger partial charge in [-0.05, 0) is 25.3 Å². The molecule has 2 heterocycles. The van der Waals surface area contributed by atoms with Gasteiger partial charge in [0.15, 0.2) is 0 Å². The Morgan fingerprint density at radius 2 is 2.04 bits per heavy atom. The van der Waals surface area contributed by atoms with Gasteiger partial charge in [-0.15, -0.1) is 0 Å². The van der Waals surface area contributed by atoms with Crippen LogP contribution >= 0.6 is 0 Å². The fourth-order valence-electron chi connectivity index (χ4n) is 1.97. The van der Waals surface area contributed by atoms with Gasteiger partial charge in [-0.25, -0.2) is 4.98 Å². The van der Waals surface area contributed by atoms with Crippen LogP contribution in [0.3, 0.4) is 0 Å². The monoisotopic (exact) mass is 324 g/mol. The normalized spacial score (nSPS) is 24.6. The van der Waals surface area contributed by atoms with Crippen molar-refractivity contribution in [1.29, 1.82) is 0 Å². The molecule has 0 atom stereocenters. The highest BCUT2D eigenvalue weighted by Gasteiger charge is 2.18. The van der Waals surface area contributed by atoms with Crippen molar-refractivity contribution < 1.29 is 28.1 Å². The largest absolute Gasteiger partial charge is 0.348 e. The van der Waals surface area contributed by atoms with Crippen molar-refractivity contribution in [3.63, 3.8) is 0 Å². The average Bonchev–Trinajstić information content (AvgIpc) is 3.16. The number of pyridine rings is 1. The summed E-state index contributed by atoms with van der Waals surface area (Å²) in [5.74, 6) is -2.11. The number of amides is 1. The lowest BCUT2D eigenvalue weighted by Gasteiger charge is -2.11. The molecule has 0 spiro atoms. The zero-order chi connectivity index (χ0) is 31.0. The first kappa shape index (κ1) is 4.94. The van der Waals surface area contributed by atoms with Crippen LogP contribution < -0.4 is 0 Å². The van der Waals surface area contributed by atoms with E-state index in [1.165, 1.54) is 0 Å². The summed E-state index contributed by atoms with van der Waals surface area (Å²) in [6, 6.07) is 2.74. The highest BCUT2D eigenvalue weighted by molar-refractivity contribution is 5.81.